The van der Waals surface area contributed by atoms with Crippen LogP contribution < -0.4 is 10.6 Å². The van der Waals surface area contributed by atoms with Gasteiger partial charge in [0.25, 0.3) is 0 Å². The van der Waals surface area contributed by atoms with E-state index in [2.05, 4.69) is 41.8 Å². The Labute approximate surface area is 109 Å². The molecule has 0 radical (unpaired) electrons. The first kappa shape index (κ1) is 12.9. The Kier molecular flexibility index (Phi) is 3.90. The molecule has 3 heteroatoms. The molecule has 0 aliphatic heterocycles. The van der Waals surface area contributed by atoms with Crippen LogP contribution in [0.5, 0.6) is 0 Å². The normalized spacial score (nSPS) is 17.4. The van der Waals surface area contributed by atoms with Crippen LogP contribution in [0.1, 0.15) is 38.2 Å². The predicted molar refractivity (Wildman–Crippen MR) is 74.7 cm³/mol. The van der Waals surface area contributed by atoms with Gasteiger partial charge in [-0.05, 0) is 31.4 Å². The summed E-state index contributed by atoms with van der Waals surface area (Å²) >= 11 is 0. The number of carbonyl (C=O) groups is 1. The van der Waals surface area contributed by atoms with Crippen molar-refractivity contribution in [3.8, 4) is 0 Å². The molecule has 2 N–H and O–H groups in total. The molecule has 1 aromatic carbocycles. The van der Waals surface area contributed by atoms with Crippen LogP contribution in [-0.2, 0) is 4.79 Å². The smallest absolute Gasteiger partial charge is 0.216 e. The van der Waals surface area contributed by atoms with Crippen molar-refractivity contribution in [2.24, 2.45) is 0 Å². The standard InChI is InChI=1S/C15H22N2O/c1-12-7-3-4-8-14(12)17-15(9-5-6-10-15)11-16-13(2)18/h3-4,7-8,17H,5-6,9-11H2,1-2H3,(H,16,18). The van der Waals surface area contributed by atoms with Crippen LogP contribution in [0.4, 0.5) is 5.69 Å². The second-order valence-electron chi connectivity index (χ2n) is 5.34. The fourth-order valence-corrected chi connectivity index (χ4v) is 2.69. The lowest BCUT2D eigenvalue weighted by molar-refractivity contribution is -0.119. The number of hydrogen-bond donors (Lipinski definition) is 2. The summed E-state index contributed by atoms with van der Waals surface area (Å²) in [4.78, 5) is 11.1. The summed E-state index contributed by atoms with van der Waals surface area (Å²) in [6.07, 6.45) is 4.72. The van der Waals surface area contributed by atoms with Crippen molar-refractivity contribution in [3.05, 3.63) is 29.8 Å². The summed E-state index contributed by atoms with van der Waals surface area (Å²) in [6, 6.07) is 8.33. The molecule has 0 bridgehead atoms. The Morgan fingerprint density at radius 1 is 1.28 bits per heavy atom. The Morgan fingerprint density at radius 3 is 2.56 bits per heavy atom. The van der Waals surface area contributed by atoms with Crippen LogP contribution in [-0.4, -0.2) is 18.0 Å². The van der Waals surface area contributed by atoms with E-state index in [-0.39, 0.29) is 11.4 Å². The van der Waals surface area contributed by atoms with Crippen LogP contribution in [0, 0.1) is 6.92 Å². The Bertz CT molecular complexity index is 422. The molecule has 0 saturated heterocycles. The van der Waals surface area contributed by atoms with Gasteiger partial charge < -0.3 is 10.6 Å². The van der Waals surface area contributed by atoms with Gasteiger partial charge in [0, 0.05) is 19.2 Å². The summed E-state index contributed by atoms with van der Waals surface area (Å²) in [5.41, 5.74) is 2.48. The first-order valence-electron chi connectivity index (χ1n) is 6.70. The number of nitrogens with one attached hydrogen (secondary N) is 2. The van der Waals surface area contributed by atoms with Gasteiger partial charge in [0.2, 0.25) is 5.91 Å². The fraction of sp³-hybridized carbons (Fsp3) is 0.533. The molecule has 0 aromatic heterocycles. The van der Waals surface area contributed by atoms with E-state index < -0.39 is 0 Å². The lowest BCUT2D eigenvalue weighted by Crippen LogP contribution is -2.46. The molecule has 1 fully saturated rings. The average molecular weight is 246 g/mol. The van der Waals surface area contributed by atoms with Crippen LogP contribution in [0.25, 0.3) is 0 Å². The van der Waals surface area contributed by atoms with E-state index in [1.54, 1.807) is 6.92 Å². The van der Waals surface area contributed by atoms with Crippen LogP contribution in [0.2, 0.25) is 0 Å². The first-order valence-corrected chi connectivity index (χ1v) is 6.70. The second-order valence-corrected chi connectivity index (χ2v) is 5.34. The molecule has 1 amide bonds. The summed E-state index contributed by atoms with van der Waals surface area (Å²) in [5, 5.41) is 6.63. The molecule has 0 spiro atoms. The Hall–Kier alpha value is -1.51. The highest BCUT2D eigenvalue weighted by molar-refractivity contribution is 5.73. The second kappa shape index (κ2) is 5.42. The van der Waals surface area contributed by atoms with Gasteiger partial charge in [0.05, 0.1) is 5.54 Å². The summed E-state index contributed by atoms with van der Waals surface area (Å²) in [7, 11) is 0. The van der Waals surface area contributed by atoms with Crippen molar-refractivity contribution in [2.75, 3.05) is 11.9 Å². The highest BCUT2D eigenvalue weighted by atomic mass is 16.1. The van der Waals surface area contributed by atoms with Crippen LogP contribution >= 0.6 is 0 Å². The van der Waals surface area contributed by atoms with Crippen molar-refractivity contribution in [2.45, 2.75) is 45.1 Å². The van der Waals surface area contributed by atoms with Gasteiger partial charge in [-0.15, -0.1) is 0 Å². The number of rotatable bonds is 4. The van der Waals surface area contributed by atoms with Crippen molar-refractivity contribution < 1.29 is 4.79 Å². The third-order valence-electron chi connectivity index (χ3n) is 3.78. The maximum Gasteiger partial charge on any atom is 0.216 e. The number of carbonyl (C=O) groups excluding carboxylic acids is 1. The molecule has 0 heterocycles. The maximum atomic E-state index is 11.1. The largest absolute Gasteiger partial charge is 0.378 e. The van der Waals surface area contributed by atoms with Crippen molar-refractivity contribution in [1.29, 1.82) is 0 Å². The number of hydrogen-bond acceptors (Lipinski definition) is 2. The van der Waals surface area contributed by atoms with E-state index in [1.165, 1.54) is 24.1 Å². The Balaban J connectivity index is 2.11. The van der Waals surface area contributed by atoms with Crippen LogP contribution in [0.3, 0.4) is 0 Å². The number of amides is 1. The number of anilines is 1. The fourth-order valence-electron chi connectivity index (χ4n) is 2.69. The third-order valence-corrected chi connectivity index (χ3v) is 3.78. The highest BCUT2D eigenvalue weighted by Gasteiger charge is 2.33. The number of para-hydroxylation sites is 1. The summed E-state index contributed by atoms with van der Waals surface area (Å²) < 4.78 is 0. The predicted octanol–water partition coefficient (Wildman–Crippen LogP) is 2.86. The Morgan fingerprint density at radius 2 is 1.94 bits per heavy atom. The maximum absolute atomic E-state index is 11.1. The molecule has 1 saturated carbocycles. The topological polar surface area (TPSA) is 41.1 Å². The van der Waals surface area contributed by atoms with Gasteiger partial charge in [0.1, 0.15) is 0 Å². The minimum Gasteiger partial charge on any atom is -0.378 e. The van der Waals surface area contributed by atoms with Crippen molar-refractivity contribution in [1.82, 2.24) is 5.32 Å². The van der Waals surface area contributed by atoms with E-state index >= 15 is 0 Å². The monoisotopic (exact) mass is 246 g/mol. The molecule has 18 heavy (non-hydrogen) atoms. The lowest BCUT2D eigenvalue weighted by Gasteiger charge is -2.32. The average Bonchev–Trinajstić information content (AvgIpc) is 2.79. The van der Waals surface area contributed by atoms with Crippen LogP contribution in [0.15, 0.2) is 24.3 Å². The third kappa shape index (κ3) is 3.03. The van der Waals surface area contributed by atoms with Gasteiger partial charge in [-0.1, -0.05) is 31.0 Å². The summed E-state index contributed by atoms with van der Waals surface area (Å²) in [6.45, 7) is 4.41. The van der Waals surface area contributed by atoms with E-state index in [0.29, 0.717) is 0 Å². The van der Waals surface area contributed by atoms with E-state index in [4.69, 9.17) is 0 Å². The van der Waals surface area contributed by atoms with Gasteiger partial charge in [-0.2, -0.15) is 0 Å². The molecule has 1 aliphatic carbocycles. The zero-order valence-electron chi connectivity index (χ0n) is 11.3. The number of aryl methyl sites for hydroxylation is 1. The zero-order valence-corrected chi connectivity index (χ0v) is 11.3. The van der Waals surface area contributed by atoms with Gasteiger partial charge in [0.15, 0.2) is 0 Å². The van der Waals surface area contributed by atoms with E-state index in [1.807, 2.05) is 0 Å². The minimum absolute atomic E-state index is 0.0395. The zero-order chi connectivity index (χ0) is 13.0. The quantitative estimate of drug-likeness (QED) is 0.857. The van der Waals surface area contributed by atoms with E-state index in [9.17, 15) is 4.79 Å². The van der Waals surface area contributed by atoms with Gasteiger partial charge >= 0.3 is 0 Å². The van der Waals surface area contributed by atoms with Gasteiger partial charge in [-0.25, -0.2) is 0 Å². The lowest BCUT2D eigenvalue weighted by atomic mass is 9.96. The van der Waals surface area contributed by atoms with Crippen molar-refractivity contribution >= 4 is 11.6 Å². The molecule has 0 unspecified atom stereocenters. The minimum atomic E-state index is 0.0395. The molecule has 1 aliphatic rings. The molecule has 1 aromatic rings. The molecule has 98 valence electrons. The highest BCUT2D eigenvalue weighted by Crippen LogP contribution is 2.33. The molecular formula is C15H22N2O. The molecular weight excluding hydrogens is 224 g/mol. The SMILES string of the molecule is CC(=O)NCC1(Nc2ccccc2C)CCCC1. The summed E-state index contributed by atoms with van der Waals surface area (Å²) in [5.74, 6) is 0.0489. The van der Waals surface area contributed by atoms with E-state index in [0.717, 1.165) is 19.4 Å². The molecule has 3 nitrogen and oxygen atoms in total. The molecule has 2 rings (SSSR count). The van der Waals surface area contributed by atoms with Crippen molar-refractivity contribution in [3.63, 3.8) is 0 Å². The number of benzene rings is 1. The van der Waals surface area contributed by atoms with Gasteiger partial charge in [-0.3, -0.25) is 4.79 Å². The first-order chi connectivity index (χ1) is 8.61. The molecule has 0 atom stereocenters.